The lowest BCUT2D eigenvalue weighted by Crippen LogP contribution is -2.37. The molecule has 2 aliphatic rings. The molecule has 3 atom stereocenters. The van der Waals surface area contributed by atoms with Crippen LogP contribution < -0.4 is 0 Å². The van der Waals surface area contributed by atoms with Gasteiger partial charge in [0.2, 0.25) is 0 Å². The smallest absolute Gasteiger partial charge is 0.158 e. The molecule has 1 saturated heterocycles. The molecular weight excluding hydrogens is 180 g/mol. The van der Waals surface area contributed by atoms with Gasteiger partial charge in [0.05, 0.1) is 12.7 Å². The Morgan fingerprint density at radius 3 is 3.00 bits per heavy atom. The largest absolute Gasteiger partial charge is 0.396 e. The zero-order valence-corrected chi connectivity index (χ0v) is 8.87. The van der Waals surface area contributed by atoms with Crippen LogP contribution in [0.3, 0.4) is 0 Å². The highest BCUT2D eigenvalue weighted by atomic mass is 16.7. The second-order valence-electron chi connectivity index (χ2n) is 4.48. The van der Waals surface area contributed by atoms with Gasteiger partial charge in [-0.25, -0.2) is 0 Å². The van der Waals surface area contributed by atoms with E-state index in [1.165, 1.54) is 12.8 Å². The minimum Gasteiger partial charge on any atom is -0.396 e. The number of rotatable bonds is 3. The molecule has 3 nitrogen and oxygen atoms in total. The Balaban J connectivity index is 2.03. The van der Waals surface area contributed by atoms with Gasteiger partial charge in [0.25, 0.3) is 0 Å². The third-order valence-corrected chi connectivity index (χ3v) is 3.63. The Kier molecular flexibility index (Phi) is 3.10. The monoisotopic (exact) mass is 200 g/mol. The van der Waals surface area contributed by atoms with E-state index in [1.807, 2.05) is 6.92 Å². The normalized spacial score (nSPS) is 42.4. The predicted molar refractivity (Wildman–Crippen MR) is 52.9 cm³/mol. The highest BCUT2D eigenvalue weighted by Gasteiger charge is 2.49. The van der Waals surface area contributed by atoms with Gasteiger partial charge >= 0.3 is 0 Å². The molecule has 1 aliphatic carbocycles. The summed E-state index contributed by atoms with van der Waals surface area (Å²) in [4.78, 5) is 0. The predicted octanol–water partition coefficient (Wildman–Crippen LogP) is 1.69. The van der Waals surface area contributed by atoms with E-state index >= 15 is 0 Å². The summed E-state index contributed by atoms with van der Waals surface area (Å²) in [6.45, 7) is 2.93. The second kappa shape index (κ2) is 4.17. The number of ether oxygens (including phenoxy) is 2. The van der Waals surface area contributed by atoms with Crippen LogP contribution in [0.1, 0.15) is 39.0 Å². The summed E-state index contributed by atoms with van der Waals surface area (Å²) >= 11 is 0. The van der Waals surface area contributed by atoms with Crippen LogP contribution in [0.5, 0.6) is 0 Å². The topological polar surface area (TPSA) is 38.7 Å². The SMILES string of the molecule is CCO[C@@H]1C[C@@]2(CO)CCCC[C@H]2O1. The highest BCUT2D eigenvalue weighted by molar-refractivity contribution is 4.95. The van der Waals surface area contributed by atoms with Crippen LogP contribution in [0, 0.1) is 5.41 Å². The fraction of sp³-hybridized carbons (Fsp3) is 1.00. The Labute approximate surface area is 85.4 Å². The van der Waals surface area contributed by atoms with Gasteiger partial charge in [-0.3, -0.25) is 0 Å². The molecule has 0 aromatic carbocycles. The van der Waals surface area contributed by atoms with E-state index in [4.69, 9.17) is 9.47 Å². The molecular formula is C11H20O3. The van der Waals surface area contributed by atoms with Crippen molar-refractivity contribution in [3.05, 3.63) is 0 Å². The van der Waals surface area contributed by atoms with Gasteiger partial charge < -0.3 is 14.6 Å². The van der Waals surface area contributed by atoms with Crippen molar-refractivity contribution in [2.45, 2.75) is 51.4 Å². The first-order chi connectivity index (χ1) is 6.80. The van der Waals surface area contributed by atoms with E-state index in [2.05, 4.69) is 0 Å². The van der Waals surface area contributed by atoms with Crippen LogP contribution in [-0.4, -0.2) is 30.7 Å². The maximum Gasteiger partial charge on any atom is 0.158 e. The van der Waals surface area contributed by atoms with E-state index in [0.29, 0.717) is 6.61 Å². The molecule has 0 aromatic rings. The van der Waals surface area contributed by atoms with Crippen LogP contribution in [-0.2, 0) is 9.47 Å². The first-order valence-corrected chi connectivity index (χ1v) is 5.68. The molecule has 3 heteroatoms. The Morgan fingerprint density at radius 2 is 2.36 bits per heavy atom. The summed E-state index contributed by atoms with van der Waals surface area (Å²) in [6.07, 6.45) is 5.67. The Bertz CT molecular complexity index is 195. The van der Waals surface area contributed by atoms with Crippen molar-refractivity contribution in [3.63, 3.8) is 0 Å². The summed E-state index contributed by atoms with van der Waals surface area (Å²) in [5.74, 6) is 0. The molecule has 2 rings (SSSR count). The minimum absolute atomic E-state index is 0.0120. The summed E-state index contributed by atoms with van der Waals surface area (Å²) in [5, 5.41) is 9.50. The van der Waals surface area contributed by atoms with Crippen molar-refractivity contribution in [2.24, 2.45) is 5.41 Å². The molecule has 0 bridgehead atoms. The van der Waals surface area contributed by atoms with Crippen LogP contribution in [0.25, 0.3) is 0 Å². The highest BCUT2D eigenvalue weighted by Crippen LogP contribution is 2.47. The van der Waals surface area contributed by atoms with Crippen LogP contribution >= 0.6 is 0 Å². The molecule has 82 valence electrons. The van der Waals surface area contributed by atoms with Gasteiger partial charge in [0, 0.05) is 18.4 Å². The Hall–Kier alpha value is -0.120. The van der Waals surface area contributed by atoms with Gasteiger partial charge in [0.1, 0.15) is 0 Å². The summed E-state index contributed by atoms with van der Waals surface area (Å²) in [7, 11) is 0. The van der Waals surface area contributed by atoms with E-state index in [0.717, 1.165) is 19.3 Å². The molecule has 14 heavy (non-hydrogen) atoms. The third kappa shape index (κ3) is 1.69. The van der Waals surface area contributed by atoms with Crippen molar-refractivity contribution in [1.29, 1.82) is 0 Å². The first-order valence-electron chi connectivity index (χ1n) is 5.68. The summed E-state index contributed by atoms with van der Waals surface area (Å²) < 4.78 is 11.3. The van der Waals surface area contributed by atoms with E-state index < -0.39 is 0 Å². The molecule has 1 heterocycles. The second-order valence-corrected chi connectivity index (χ2v) is 4.48. The zero-order valence-electron chi connectivity index (χ0n) is 8.87. The molecule has 1 aliphatic heterocycles. The van der Waals surface area contributed by atoms with Crippen LogP contribution in [0.15, 0.2) is 0 Å². The fourth-order valence-corrected chi connectivity index (χ4v) is 2.81. The van der Waals surface area contributed by atoms with Gasteiger partial charge in [-0.2, -0.15) is 0 Å². The average Bonchev–Trinajstić information content (AvgIpc) is 2.57. The first kappa shape index (κ1) is 10.4. The van der Waals surface area contributed by atoms with Crippen molar-refractivity contribution >= 4 is 0 Å². The zero-order chi connectivity index (χ0) is 10.0. The number of hydrogen-bond acceptors (Lipinski definition) is 3. The lowest BCUT2D eigenvalue weighted by molar-refractivity contribution is -0.137. The molecule has 0 aromatic heterocycles. The molecule has 1 N–H and O–H groups in total. The van der Waals surface area contributed by atoms with Gasteiger partial charge in [-0.1, -0.05) is 12.8 Å². The van der Waals surface area contributed by atoms with Gasteiger partial charge in [-0.15, -0.1) is 0 Å². The van der Waals surface area contributed by atoms with Crippen LogP contribution in [0.2, 0.25) is 0 Å². The maximum atomic E-state index is 9.50. The molecule has 0 spiro atoms. The third-order valence-electron chi connectivity index (χ3n) is 3.63. The van der Waals surface area contributed by atoms with E-state index in [1.54, 1.807) is 0 Å². The lowest BCUT2D eigenvalue weighted by Gasteiger charge is -2.35. The van der Waals surface area contributed by atoms with Crippen LogP contribution in [0.4, 0.5) is 0 Å². The molecule has 2 fully saturated rings. The number of aliphatic hydroxyl groups is 1. The number of fused-ring (bicyclic) bond motifs is 1. The average molecular weight is 200 g/mol. The van der Waals surface area contributed by atoms with Crippen molar-refractivity contribution in [2.75, 3.05) is 13.2 Å². The number of aliphatic hydroxyl groups excluding tert-OH is 1. The fourth-order valence-electron chi connectivity index (χ4n) is 2.81. The minimum atomic E-state index is -0.0738. The molecule has 0 unspecified atom stereocenters. The summed E-state index contributed by atoms with van der Waals surface area (Å²) in [5.41, 5.74) is 0.0120. The molecule has 1 saturated carbocycles. The molecule has 0 radical (unpaired) electrons. The van der Waals surface area contributed by atoms with Gasteiger partial charge in [0.15, 0.2) is 6.29 Å². The van der Waals surface area contributed by atoms with E-state index in [-0.39, 0.29) is 24.4 Å². The standard InChI is InChI=1S/C11H20O3/c1-2-13-10-7-11(8-12)6-4-3-5-9(11)14-10/h9-10,12H,2-8H2,1H3/t9-,10+,11-/m1/s1. The van der Waals surface area contributed by atoms with E-state index in [9.17, 15) is 5.11 Å². The van der Waals surface area contributed by atoms with Crippen molar-refractivity contribution < 1.29 is 14.6 Å². The number of hydrogen-bond donors (Lipinski definition) is 1. The molecule has 0 amide bonds. The maximum absolute atomic E-state index is 9.50. The van der Waals surface area contributed by atoms with Crippen molar-refractivity contribution in [3.8, 4) is 0 Å². The lowest BCUT2D eigenvalue weighted by atomic mass is 9.72. The van der Waals surface area contributed by atoms with Gasteiger partial charge in [-0.05, 0) is 19.8 Å². The Morgan fingerprint density at radius 1 is 1.50 bits per heavy atom. The quantitative estimate of drug-likeness (QED) is 0.753. The summed E-state index contributed by atoms with van der Waals surface area (Å²) in [6, 6.07) is 0. The van der Waals surface area contributed by atoms with Crippen molar-refractivity contribution in [1.82, 2.24) is 0 Å².